The molecule has 2 aromatic carbocycles. The van der Waals surface area contributed by atoms with Crippen LogP contribution in [0, 0.1) is 12.7 Å². The highest BCUT2D eigenvalue weighted by molar-refractivity contribution is 6.34. The molecule has 1 heterocycles. The van der Waals surface area contributed by atoms with Gasteiger partial charge >= 0.3 is 12.1 Å². The first-order chi connectivity index (χ1) is 13.0. The number of alkyl halides is 3. The summed E-state index contributed by atoms with van der Waals surface area (Å²) in [7, 11) is 0. The molecule has 10 heteroatoms. The molecule has 3 rings (SSSR count). The van der Waals surface area contributed by atoms with E-state index in [2.05, 4.69) is 5.16 Å². The quantitative estimate of drug-likeness (QED) is 0.495. The number of oxime groups is 1. The Hall–Kier alpha value is -2.32. The van der Waals surface area contributed by atoms with Crippen LogP contribution in [0.4, 0.5) is 17.6 Å². The second-order valence-electron chi connectivity index (χ2n) is 6.21. The zero-order valence-corrected chi connectivity index (χ0v) is 15.6. The van der Waals surface area contributed by atoms with Gasteiger partial charge < -0.3 is 9.94 Å². The lowest BCUT2D eigenvalue weighted by molar-refractivity contribution is -0.276. The van der Waals surface area contributed by atoms with Crippen LogP contribution in [-0.2, 0) is 10.4 Å². The highest BCUT2D eigenvalue weighted by atomic mass is 35.5. The number of carboxylic acids is 1. The molecule has 0 radical (unpaired) electrons. The molecule has 2 aromatic rings. The summed E-state index contributed by atoms with van der Waals surface area (Å²) in [5.74, 6) is -2.48. The van der Waals surface area contributed by atoms with E-state index in [4.69, 9.17) is 33.1 Å². The topological polar surface area (TPSA) is 58.9 Å². The van der Waals surface area contributed by atoms with Crippen LogP contribution in [0.2, 0.25) is 10.0 Å². The number of halogens is 6. The Labute approximate surface area is 166 Å². The van der Waals surface area contributed by atoms with Gasteiger partial charge in [-0.3, -0.25) is 0 Å². The fraction of sp³-hybridized carbons (Fsp3) is 0.222. The third-order valence-corrected chi connectivity index (χ3v) is 4.90. The normalized spacial score (nSPS) is 19.3. The van der Waals surface area contributed by atoms with Crippen molar-refractivity contribution in [3.63, 3.8) is 0 Å². The van der Waals surface area contributed by atoms with Crippen molar-refractivity contribution in [1.82, 2.24) is 0 Å². The number of rotatable bonds is 3. The first-order valence-electron chi connectivity index (χ1n) is 7.77. The predicted octanol–water partition coefficient (Wildman–Crippen LogP) is 5.72. The van der Waals surface area contributed by atoms with E-state index in [9.17, 15) is 22.4 Å². The van der Waals surface area contributed by atoms with Gasteiger partial charge in [0, 0.05) is 10.6 Å². The Morgan fingerprint density at radius 1 is 1.25 bits per heavy atom. The molecule has 0 aromatic heterocycles. The van der Waals surface area contributed by atoms with Crippen LogP contribution in [0.3, 0.4) is 0 Å². The van der Waals surface area contributed by atoms with Gasteiger partial charge in [-0.2, -0.15) is 13.2 Å². The minimum atomic E-state index is -5.04. The maximum Gasteiger partial charge on any atom is 0.435 e. The van der Waals surface area contributed by atoms with E-state index in [1.165, 1.54) is 25.1 Å². The van der Waals surface area contributed by atoms with Crippen molar-refractivity contribution in [2.24, 2.45) is 5.16 Å². The third-order valence-electron chi connectivity index (χ3n) is 4.40. The highest BCUT2D eigenvalue weighted by Gasteiger charge is 2.63. The molecule has 0 aliphatic carbocycles. The molecule has 0 amide bonds. The molecule has 4 nitrogen and oxygen atoms in total. The molecular formula is C18H11Cl2F4NO3. The SMILES string of the molecule is Cc1cc(C2=NOC(c3cc(Cl)cc(Cl)c3F)(C(F)(F)F)C2)ccc1C(=O)O. The second-order valence-corrected chi connectivity index (χ2v) is 7.06. The largest absolute Gasteiger partial charge is 0.478 e. The smallest absolute Gasteiger partial charge is 0.435 e. The molecule has 148 valence electrons. The van der Waals surface area contributed by atoms with Crippen molar-refractivity contribution in [2.75, 3.05) is 0 Å². The second kappa shape index (κ2) is 6.93. The van der Waals surface area contributed by atoms with Crippen LogP contribution in [-0.4, -0.2) is 23.0 Å². The van der Waals surface area contributed by atoms with E-state index < -0.39 is 40.6 Å². The van der Waals surface area contributed by atoms with Crippen molar-refractivity contribution < 1.29 is 32.3 Å². The maximum absolute atomic E-state index is 14.5. The average molecular weight is 436 g/mol. The maximum atomic E-state index is 14.5. The Bertz CT molecular complexity index is 1010. The standard InChI is InChI=1S/C18H11Cl2F4NO3/c1-8-4-9(2-3-11(8)16(26)27)14-7-17(28-25-14,18(22,23)24)12-5-10(19)6-13(20)15(12)21/h2-6H,7H2,1H3,(H,26,27). The first kappa shape index (κ1) is 20.4. The van der Waals surface area contributed by atoms with Gasteiger partial charge in [0.25, 0.3) is 5.60 Å². The lowest BCUT2D eigenvalue weighted by Crippen LogP contribution is -2.43. The Morgan fingerprint density at radius 2 is 1.93 bits per heavy atom. The van der Waals surface area contributed by atoms with Gasteiger partial charge in [0.2, 0.25) is 0 Å². The number of nitrogens with zero attached hydrogens (tertiary/aromatic N) is 1. The lowest BCUT2D eigenvalue weighted by atomic mass is 9.86. The van der Waals surface area contributed by atoms with Crippen molar-refractivity contribution >= 4 is 34.9 Å². The number of carbonyl (C=O) groups is 1. The molecule has 1 unspecified atom stereocenters. The fourth-order valence-electron chi connectivity index (χ4n) is 2.97. The average Bonchev–Trinajstić information content (AvgIpc) is 3.04. The van der Waals surface area contributed by atoms with Crippen LogP contribution in [0.25, 0.3) is 0 Å². The Kier molecular flexibility index (Phi) is 5.05. The van der Waals surface area contributed by atoms with E-state index in [1.54, 1.807) is 0 Å². The molecule has 1 N–H and O–H groups in total. The summed E-state index contributed by atoms with van der Waals surface area (Å²) in [6.07, 6.45) is -5.88. The molecule has 28 heavy (non-hydrogen) atoms. The van der Waals surface area contributed by atoms with E-state index in [-0.39, 0.29) is 21.9 Å². The van der Waals surface area contributed by atoms with Gasteiger partial charge in [-0.1, -0.05) is 34.4 Å². The number of hydrogen-bond donors (Lipinski definition) is 1. The summed E-state index contributed by atoms with van der Waals surface area (Å²) < 4.78 is 56.3. The van der Waals surface area contributed by atoms with E-state index >= 15 is 0 Å². The van der Waals surface area contributed by atoms with Gasteiger partial charge in [0.15, 0.2) is 0 Å². The summed E-state index contributed by atoms with van der Waals surface area (Å²) in [6.45, 7) is 1.50. The van der Waals surface area contributed by atoms with Crippen molar-refractivity contribution in [3.8, 4) is 0 Å². The molecule has 0 fully saturated rings. The number of aromatic carboxylic acids is 1. The molecule has 0 spiro atoms. The van der Waals surface area contributed by atoms with Crippen LogP contribution in [0.15, 0.2) is 35.5 Å². The van der Waals surface area contributed by atoms with Gasteiger partial charge in [-0.05, 0) is 42.3 Å². The van der Waals surface area contributed by atoms with E-state index in [0.29, 0.717) is 5.56 Å². The third kappa shape index (κ3) is 3.31. The van der Waals surface area contributed by atoms with Crippen LogP contribution >= 0.6 is 23.2 Å². The molecule has 1 aliphatic heterocycles. The Balaban J connectivity index is 2.07. The summed E-state index contributed by atoms with van der Waals surface area (Å²) >= 11 is 11.4. The summed E-state index contributed by atoms with van der Waals surface area (Å²) in [5.41, 5.74) is -3.56. The van der Waals surface area contributed by atoms with Crippen molar-refractivity contribution in [3.05, 3.63) is 68.4 Å². The number of carboxylic acid groups (broad SMARTS) is 1. The van der Waals surface area contributed by atoms with Gasteiger partial charge in [0.1, 0.15) is 5.82 Å². The van der Waals surface area contributed by atoms with Gasteiger partial charge in [-0.15, -0.1) is 0 Å². The zero-order chi connectivity index (χ0) is 20.9. The monoisotopic (exact) mass is 435 g/mol. The van der Waals surface area contributed by atoms with Gasteiger partial charge in [0.05, 0.1) is 22.7 Å². The molecule has 0 saturated heterocycles. The van der Waals surface area contributed by atoms with E-state index in [1.807, 2.05) is 0 Å². The number of hydrogen-bond acceptors (Lipinski definition) is 3. The summed E-state index contributed by atoms with van der Waals surface area (Å²) in [4.78, 5) is 15.9. The minimum absolute atomic E-state index is 0.00184. The first-order valence-corrected chi connectivity index (χ1v) is 8.53. The summed E-state index contributed by atoms with van der Waals surface area (Å²) in [5, 5.41) is 11.8. The molecule has 1 aliphatic rings. The number of aryl methyl sites for hydroxylation is 1. The molecule has 0 saturated carbocycles. The van der Waals surface area contributed by atoms with Crippen molar-refractivity contribution in [2.45, 2.75) is 25.1 Å². The molecular weight excluding hydrogens is 425 g/mol. The minimum Gasteiger partial charge on any atom is -0.478 e. The lowest BCUT2D eigenvalue weighted by Gasteiger charge is -2.30. The van der Waals surface area contributed by atoms with Gasteiger partial charge in [-0.25, -0.2) is 9.18 Å². The van der Waals surface area contributed by atoms with Crippen LogP contribution < -0.4 is 0 Å². The fourth-order valence-corrected chi connectivity index (χ4v) is 3.46. The van der Waals surface area contributed by atoms with E-state index in [0.717, 1.165) is 12.1 Å². The number of benzene rings is 2. The van der Waals surface area contributed by atoms with Crippen LogP contribution in [0.1, 0.15) is 33.5 Å². The summed E-state index contributed by atoms with van der Waals surface area (Å²) in [6, 6.07) is 5.72. The highest BCUT2D eigenvalue weighted by Crippen LogP contribution is 2.50. The van der Waals surface area contributed by atoms with Crippen LogP contribution in [0.5, 0.6) is 0 Å². The molecule has 1 atom stereocenters. The van der Waals surface area contributed by atoms with Crippen molar-refractivity contribution in [1.29, 1.82) is 0 Å². The Morgan fingerprint density at radius 3 is 2.50 bits per heavy atom. The predicted molar refractivity (Wildman–Crippen MR) is 94.5 cm³/mol. The zero-order valence-electron chi connectivity index (χ0n) is 14.1. The molecule has 0 bridgehead atoms.